The molecule has 0 spiro atoms. The van der Waals surface area contributed by atoms with Gasteiger partial charge in [-0.25, -0.2) is 19.2 Å². The number of rotatable bonds is 17. The van der Waals surface area contributed by atoms with Crippen molar-refractivity contribution in [2.45, 2.75) is 47.5 Å². The summed E-state index contributed by atoms with van der Waals surface area (Å²) in [5, 5.41) is 22.7. The van der Waals surface area contributed by atoms with Crippen LogP contribution in [0.15, 0.2) is 23.7 Å². The second-order valence-electron chi connectivity index (χ2n) is 8.76. The van der Waals surface area contributed by atoms with Crippen molar-refractivity contribution < 1.29 is 48.3 Å². The van der Waals surface area contributed by atoms with E-state index in [1.807, 2.05) is 6.92 Å². The zero-order valence-corrected chi connectivity index (χ0v) is 21.0. The van der Waals surface area contributed by atoms with Crippen LogP contribution in [0.5, 0.6) is 0 Å². The molecule has 0 radical (unpaired) electrons. The molecule has 200 valence electrons. The molecule has 0 bridgehead atoms. The van der Waals surface area contributed by atoms with Gasteiger partial charge < -0.3 is 39.8 Å². The van der Waals surface area contributed by atoms with E-state index in [1.165, 1.54) is 13.8 Å². The Bertz CT molecular complexity index is 761. The molecule has 1 atom stereocenters. The maximum atomic E-state index is 11.8. The first kappa shape index (κ1) is 31.6. The van der Waals surface area contributed by atoms with Gasteiger partial charge in [0.1, 0.15) is 26.4 Å². The van der Waals surface area contributed by atoms with E-state index in [9.17, 15) is 19.2 Å². The smallest absolute Gasteiger partial charge is 0.407 e. The number of carboxylic acids is 2. The predicted octanol–water partition coefficient (Wildman–Crippen LogP) is 2.89. The maximum Gasteiger partial charge on any atom is 0.407 e. The average Bonchev–Trinajstić information content (AvgIpc) is 2.76. The zero-order valence-electron chi connectivity index (χ0n) is 21.0. The first-order chi connectivity index (χ1) is 16.3. The van der Waals surface area contributed by atoms with Crippen LogP contribution in [-0.2, 0) is 28.5 Å². The average molecular weight is 503 g/mol. The molecule has 0 saturated carbocycles. The molecule has 2 amide bonds. The number of carbonyl (C=O) groups is 4. The molecule has 0 aliphatic carbocycles. The highest BCUT2D eigenvalue weighted by atomic mass is 16.6. The van der Waals surface area contributed by atoms with E-state index < -0.39 is 24.1 Å². The molecule has 0 aromatic carbocycles. The zero-order chi connectivity index (χ0) is 26.9. The summed E-state index contributed by atoms with van der Waals surface area (Å²) in [7, 11) is 0. The molecule has 0 saturated heterocycles. The van der Waals surface area contributed by atoms with Crippen molar-refractivity contribution in [2.24, 2.45) is 11.3 Å². The van der Waals surface area contributed by atoms with Crippen LogP contribution in [0.25, 0.3) is 0 Å². The lowest BCUT2D eigenvalue weighted by Gasteiger charge is -2.28. The second-order valence-corrected chi connectivity index (χ2v) is 8.76. The lowest BCUT2D eigenvalue weighted by atomic mass is 9.80. The fourth-order valence-corrected chi connectivity index (χ4v) is 2.81. The lowest BCUT2D eigenvalue weighted by molar-refractivity contribution is -0.133. The van der Waals surface area contributed by atoms with E-state index in [2.05, 4.69) is 24.5 Å². The van der Waals surface area contributed by atoms with Gasteiger partial charge in [0.2, 0.25) is 0 Å². The summed E-state index contributed by atoms with van der Waals surface area (Å²) in [4.78, 5) is 44.7. The van der Waals surface area contributed by atoms with Crippen LogP contribution in [0.1, 0.15) is 47.5 Å². The molecule has 0 aliphatic rings. The monoisotopic (exact) mass is 502 g/mol. The third-order valence-electron chi connectivity index (χ3n) is 4.63. The van der Waals surface area contributed by atoms with E-state index in [-0.39, 0.29) is 48.9 Å². The van der Waals surface area contributed by atoms with Crippen molar-refractivity contribution in [3.63, 3.8) is 0 Å². The number of carbonyl (C=O) groups excluding carboxylic acids is 2. The summed E-state index contributed by atoms with van der Waals surface area (Å²) in [6.07, 6.45) is 2.50. The molecule has 0 aromatic heterocycles. The number of nitrogens with one attached hydrogen (secondary N) is 2. The minimum Gasteiger partial charge on any atom is -0.497 e. The van der Waals surface area contributed by atoms with Crippen molar-refractivity contribution in [2.75, 3.05) is 39.5 Å². The van der Waals surface area contributed by atoms with Crippen LogP contribution in [-0.4, -0.2) is 73.9 Å². The van der Waals surface area contributed by atoms with Gasteiger partial charge in [-0.1, -0.05) is 20.8 Å². The van der Waals surface area contributed by atoms with E-state index >= 15 is 0 Å². The summed E-state index contributed by atoms with van der Waals surface area (Å²) in [6, 6.07) is 0. The number of hydrogen-bond donors (Lipinski definition) is 4. The lowest BCUT2D eigenvalue weighted by Crippen LogP contribution is -2.33. The molecule has 4 N–H and O–H groups in total. The van der Waals surface area contributed by atoms with Crippen molar-refractivity contribution in [3.8, 4) is 0 Å². The van der Waals surface area contributed by atoms with E-state index in [0.717, 1.165) is 18.9 Å². The Hall–Kier alpha value is -3.44. The van der Waals surface area contributed by atoms with Crippen molar-refractivity contribution >= 4 is 24.1 Å². The normalized spacial score (nSPS) is 12.8. The molecule has 0 heterocycles. The Morgan fingerprint density at radius 2 is 1.29 bits per heavy atom. The van der Waals surface area contributed by atoms with Gasteiger partial charge in [0.05, 0.1) is 23.7 Å². The van der Waals surface area contributed by atoms with Gasteiger partial charge in [-0.05, 0) is 38.0 Å². The fourth-order valence-electron chi connectivity index (χ4n) is 2.81. The van der Waals surface area contributed by atoms with Crippen LogP contribution in [0.2, 0.25) is 0 Å². The van der Waals surface area contributed by atoms with Crippen molar-refractivity contribution in [1.29, 1.82) is 0 Å². The summed E-state index contributed by atoms with van der Waals surface area (Å²) in [5.74, 6) is -2.01. The highest BCUT2D eigenvalue weighted by Crippen LogP contribution is 2.28. The highest BCUT2D eigenvalue weighted by molar-refractivity contribution is 5.85. The number of ether oxygens (including phenoxy) is 4. The molecular weight excluding hydrogens is 464 g/mol. The summed E-state index contributed by atoms with van der Waals surface area (Å²) in [6.45, 7) is 9.78. The second kappa shape index (κ2) is 17.1. The first-order valence-corrected chi connectivity index (χ1v) is 11.2. The van der Waals surface area contributed by atoms with Gasteiger partial charge in [0.15, 0.2) is 0 Å². The van der Waals surface area contributed by atoms with Gasteiger partial charge in [0.25, 0.3) is 0 Å². The van der Waals surface area contributed by atoms with Crippen LogP contribution in [0, 0.1) is 11.3 Å². The van der Waals surface area contributed by atoms with E-state index in [4.69, 9.17) is 29.2 Å². The predicted molar refractivity (Wildman–Crippen MR) is 126 cm³/mol. The van der Waals surface area contributed by atoms with Gasteiger partial charge >= 0.3 is 24.1 Å². The highest BCUT2D eigenvalue weighted by Gasteiger charge is 2.22. The number of amides is 2. The fraction of sp³-hybridized carbons (Fsp3) is 0.652. The summed E-state index contributed by atoms with van der Waals surface area (Å²) >= 11 is 0. The van der Waals surface area contributed by atoms with Crippen LogP contribution in [0.3, 0.4) is 0 Å². The quantitative estimate of drug-likeness (QED) is 0.132. The van der Waals surface area contributed by atoms with Gasteiger partial charge in [-0.15, -0.1) is 0 Å². The number of hydrogen-bond acceptors (Lipinski definition) is 8. The van der Waals surface area contributed by atoms with Gasteiger partial charge in [0, 0.05) is 13.1 Å². The summed E-state index contributed by atoms with van der Waals surface area (Å²) in [5.41, 5.74) is -0.0153. The van der Waals surface area contributed by atoms with Crippen LogP contribution < -0.4 is 10.6 Å². The molecular formula is C23H38N2O10. The SMILES string of the molecule is CC(=COCCOC(=O)NCCC(C)(C)CC(C)CNC(=O)OCCOC=C(C)C(=O)O)C(=O)O. The van der Waals surface area contributed by atoms with Crippen LogP contribution in [0.4, 0.5) is 9.59 Å². The summed E-state index contributed by atoms with van der Waals surface area (Å²) < 4.78 is 19.9. The van der Waals surface area contributed by atoms with Gasteiger partial charge in [-0.2, -0.15) is 0 Å². The third kappa shape index (κ3) is 17.7. The Kier molecular flexibility index (Phi) is 15.4. The Labute approximate surface area is 205 Å². The molecule has 0 aromatic rings. The number of carboxylic acid groups (broad SMARTS) is 2. The van der Waals surface area contributed by atoms with E-state index in [0.29, 0.717) is 19.5 Å². The maximum absolute atomic E-state index is 11.8. The minimum absolute atomic E-state index is 0.0117. The Morgan fingerprint density at radius 3 is 1.74 bits per heavy atom. The largest absolute Gasteiger partial charge is 0.497 e. The Morgan fingerprint density at radius 1 is 0.829 bits per heavy atom. The molecule has 12 heteroatoms. The third-order valence-corrected chi connectivity index (χ3v) is 4.63. The van der Waals surface area contributed by atoms with Crippen LogP contribution >= 0.6 is 0 Å². The van der Waals surface area contributed by atoms with Crippen molar-refractivity contribution in [3.05, 3.63) is 23.7 Å². The Balaban J connectivity index is 3.99. The molecule has 0 rings (SSSR count). The molecule has 12 nitrogen and oxygen atoms in total. The minimum atomic E-state index is -1.08. The molecule has 0 aliphatic heterocycles. The molecule has 1 unspecified atom stereocenters. The van der Waals surface area contributed by atoms with Crippen molar-refractivity contribution in [1.82, 2.24) is 10.6 Å². The molecule has 35 heavy (non-hydrogen) atoms. The first-order valence-electron chi connectivity index (χ1n) is 11.2. The van der Waals surface area contributed by atoms with Gasteiger partial charge in [-0.3, -0.25) is 0 Å². The standard InChI is InChI=1S/C23H38N2O10/c1-16(13-25-22(31)35-11-9-33-15-18(3)20(28)29)12-23(4,5)6-7-24-21(30)34-10-8-32-14-17(2)19(26)27/h14-16H,6-13H2,1-5H3,(H,24,30)(H,25,31)(H,26,27)(H,28,29). The topological polar surface area (TPSA) is 170 Å². The number of aliphatic carboxylic acids is 2. The molecule has 0 fully saturated rings. The van der Waals surface area contributed by atoms with E-state index in [1.54, 1.807) is 0 Å². The number of alkyl carbamates (subject to hydrolysis) is 2.